The summed E-state index contributed by atoms with van der Waals surface area (Å²) in [7, 11) is 0. The topological polar surface area (TPSA) is 26.0 Å². The van der Waals surface area contributed by atoms with E-state index in [9.17, 15) is 0 Å². The molecule has 0 spiro atoms. The quantitative estimate of drug-likeness (QED) is 0.665. The van der Waals surface area contributed by atoms with Gasteiger partial charge >= 0.3 is 0 Å². The second-order valence-electron chi connectivity index (χ2n) is 3.44. The summed E-state index contributed by atoms with van der Waals surface area (Å²) >= 11 is 1.96. The van der Waals surface area contributed by atoms with Crippen molar-refractivity contribution in [2.24, 2.45) is 11.7 Å². The summed E-state index contributed by atoms with van der Waals surface area (Å²) in [5.74, 6) is 0.899. The Morgan fingerprint density at radius 2 is 2.40 bits per heavy atom. The minimum Gasteiger partial charge on any atom is -0.329 e. The van der Waals surface area contributed by atoms with Crippen LogP contribution in [0.5, 0.6) is 0 Å². The first-order valence-electron chi connectivity index (χ1n) is 3.98. The van der Waals surface area contributed by atoms with Crippen LogP contribution in [0.4, 0.5) is 0 Å². The third kappa shape index (κ3) is 1.48. The van der Waals surface area contributed by atoms with Crippen molar-refractivity contribution in [2.75, 3.05) is 12.8 Å². The van der Waals surface area contributed by atoms with Crippen molar-refractivity contribution in [1.82, 2.24) is 0 Å². The van der Waals surface area contributed by atoms with E-state index in [0.29, 0.717) is 4.75 Å². The molecule has 1 nitrogen and oxygen atoms in total. The Balaban J connectivity index is 2.51. The van der Waals surface area contributed by atoms with E-state index in [1.165, 1.54) is 19.3 Å². The molecule has 1 aliphatic rings. The largest absolute Gasteiger partial charge is 0.329 e. The highest BCUT2D eigenvalue weighted by Crippen LogP contribution is 2.42. The summed E-state index contributed by atoms with van der Waals surface area (Å²) in [5, 5.41) is 0. The Hall–Kier alpha value is 0.310. The maximum absolute atomic E-state index is 5.72. The average molecular weight is 159 g/mol. The van der Waals surface area contributed by atoms with Gasteiger partial charge in [-0.3, -0.25) is 0 Å². The second kappa shape index (κ2) is 3.14. The van der Waals surface area contributed by atoms with Gasteiger partial charge in [-0.15, -0.1) is 0 Å². The van der Waals surface area contributed by atoms with Crippen molar-refractivity contribution >= 4 is 11.8 Å². The minimum absolute atomic E-state index is 0.444. The van der Waals surface area contributed by atoms with Crippen LogP contribution in [0, 0.1) is 5.92 Å². The Bertz CT molecular complexity index is 110. The second-order valence-corrected chi connectivity index (χ2v) is 4.71. The minimum atomic E-state index is 0.444. The van der Waals surface area contributed by atoms with Gasteiger partial charge in [0.1, 0.15) is 0 Å². The summed E-state index contributed by atoms with van der Waals surface area (Å²) in [6.45, 7) is 3.19. The number of hydrogen-bond donors (Lipinski definition) is 1. The third-order valence-corrected chi connectivity index (χ3v) is 4.02. The predicted molar refractivity (Wildman–Crippen MR) is 48.3 cm³/mol. The van der Waals surface area contributed by atoms with Crippen molar-refractivity contribution in [3.8, 4) is 0 Å². The van der Waals surface area contributed by atoms with Gasteiger partial charge in [0.25, 0.3) is 0 Å². The fraction of sp³-hybridized carbons (Fsp3) is 1.00. The first kappa shape index (κ1) is 8.41. The summed E-state index contributed by atoms with van der Waals surface area (Å²) in [4.78, 5) is 0. The van der Waals surface area contributed by atoms with Crippen LogP contribution in [-0.2, 0) is 0 Å². The highest BCUT2D eigenvalue weighted by atomic mass is 32.2. The van der Waals surface area contributed by atoms with Crippen LogP contribution in [0.3, 0.4) is 0 Å². The Kier molecular flexibility index (Phi) is 2.64. The van der Waals surface area contributed by atoms with Crippen LogP contribution in [0.1, 0.15) is 26.2 Å². The predicted octanol–water partition coefficient (Wildman–Crippen LogP) is 1.87. The molecular weight excluding hydrogens is 142 g/mol. The van der Waals surface area contributed by atoms with E-state index in [4.69, 9.17) is 5.73 Å². The van der Waals surface area contributed by atoms with Crippen LogP contribution < -0.4 is 5.73 Å². The van der Waals surface area contributed by atoms with Gasteiger partial charge in [0.15, 0.2) is 0 Å². The smallest absolute Gasteiger partial charge is 0.0282 e. The molecule has 2 heteroatoms. The number of thioether (sulfide) groups is 1. The summed E-state index contributed by atoms with van der Waals surface area (Å²) in [6, 6.07) is 0. The molecule has 0 aliphatic heterocycles. The van der Waals surface area contributed by atoms with E-state index < -0.39 is 0 Å². The van der Waals surface area contributed by atoms with Crippen molar-refractivity contribution in [3.63, 3.8) is 0 Å². The van der Waals surface area contributed by atoms with Gasteiger partial charge in [-0.1, -0.05) is 6.92 Å². The lowest BCUT2D eigenvalue weighted by atomic mass is 10.1. The molecule has 1 aliphatic carbocycles. The van der Waals surface area contributed by atoms with Gasteiger partial charge in [0, 0.05) is 11.3 Å². The van der Waals surface area contributed by atoms with Crippen LogP contribution in [-0.4, -0.2) is 17.5 Å². The van der Waals surface area contributed by atoms with Crippen molar-refractivity contribution in [3.05, 3.63) is 0 Å². The summed E-state index contributed by atoms with van der Waals surface area (Å²) in [6.07, 6.45) is 6.21. The number of nitrogens with two attached hydrogens (primary N) is 1. The lowest BCUT2D eigenvalue weighted by Crippen LogP contribution is -2.30. The van der Waals surface area contributed by atoms with Crippen LogP contribution in [0.2, 0.25) is 0 Å². The standard InChI is InChI=1S/C8H17NS/c1-7-3-4-8(5-7,6-9)10-2/h7H,3-6,9H2,1-2H3/t7?,8-/m0/s1. The Labute approximate surface area is 67.8 Å². The highest BCUT2D eigenvalue weighted by Gasteiger charge is 2.35. The fourth-order valence-corrected chi connectivity index (χ4v) is 2.74. The zero-order valence-corrected chi connectivity index (χ0v) is 7.71. The molecule has 0 radical (unpaired) electrons. The fourth-order valence-electron chi connectivity index (χ4n) is 1.80. The number of hydrogen-bond acceptors (Lipinski definition) is 2. The lowest BCUT2D eigenvalue weighted by molar-refractivity contribution is 0.564. The monoisotopic (exact) mass is 159 g/mol. The molecule has 0 bridgehead atoms. The van der Waals surface area contributed by atoms with Gasteiger partial charge in [-0.05, 0) is 31.4 Å². The van der Waals surface area contributed by atoms with E-state index in [1.54, 1.807) is 0 Å². The van der Waals surface area contributed by atoms with Crippen molar-refractivity contribution in [2.45, 2.75) is 30.9 Å². The van der Waals surface area contributed by atoms with E-state index >= 15 is 0 Å². The normalized spacial score (nSPS) is 40.5. The summed E-state index contributed by atoms with van der Waals surface area (Å²) < 4.78 is 0.444. The molecule has 1 fully saturated rings. The first-order chi connectivity index (χ1) is 4.72. The van der Waals surface area contributed by atoms with Crippen LogP contribution >= 0.6 is 11.8 Å². The Morgan fingerprint density at radius 3 is 2.60 bits per heavy atom. The van der Waals surface area contributed by atoms with Gasteiger partial charge in [-0.2, -0.15) is 11.8 Å². The zero-order chi connectivity index (χ0) is 7.61. The maximum Gasteiger partial charge on any atom is 0.0282 e. The third-order valence-electron chi connectivity index (χ3n) is 2.62. The SMILES string of the molecule is CS[C@@]1(CN)CCC(C)C1. The molecule has 2 N–H and O–H groups in total. The van der Waals surface area contributed by atoms with Gasteiger partial charge in [0.2, 0.25) is 0 Å². The van der Waals surface area contributed by atoms with E-state index in [0.717, 1.165) is 12.5 Å². The zero-order valence-electron chi connectivity index (χ0n) is 6.89. The molecule has 0 aromatic heterocycles. The molecule has 1 unspecified atom stereocenters. The average Bonchev–Trinajstić information content (AvgIpc) is 2.33. The number of rotatable bonds is 2. The molecule has 0 saturated heterocycles. The summed E-state index contributed by atoms with van der Waals surface area (Å²) in [5.41, 5.74) is 5.72. The van der Waals surface area contributed by atoms with E-state index in [2.05, 4.69) is 13.2 Å². The van der Waals surface area contributed by atoms with Gasteiger partial charge in [-0.25, -0.2) is 0 Å². The molecular formula is C8H17NS. The Morgan fingerprint density at radius 1 is 1.70 bits per heavy atom. The molecule has 0 heterocycles. The maximum atomic E-state index is 5.72. The van der Waals surface area contributed by atoms with E-state index in [-0.39, 0.29) is 0 Å². The molecule has 2 atom stereocenters. The molecule has 10 heavy (non-hydrogen) atoms. The molecule has 0 amide bonds. The van der Waals surface area contributed by atoms with Crippen LogP contribution in [0.25, 0.3) is 0 Å². The van der Waals surface area contributed by atoms with Crippen molar-refractivity contribution in [1.29, 1.82) is 0 Å². The molecule has 60 valence electrons. The molecule has 0 aromatic rings. The molecule has 1 rings (SSSR count). The van der Waals surface area contributed by atoms with E-state index in [1.807, 2.05) is 11.8 Å². The highest BCUT2D eigenvalue weighted by molar-refractivity contribution is 8.00. The van der Waals surface area contributed by atoms with Crippen LogP contribution in [0.15, 0.2) is 0 Å². The molecule has 1 saturated carbocycles. The van der Waals surface area contributed by atoms with Crippen molar-refractivity contribution < 1.29 is 0 Å². The first-order valence-corrected chi connectivity index (χ1v) is 5.20. The lowest BCUT2D eigenvalue weighted by Gasteiger charge is -2.24. The van der Waals surface area contributed by atoms with Gasteiger partial charge < -0.3 is 5.73 Å². The molecule has 0 aromatic carbocycles. The van der Waals surface area contributed by atoms with Gasteiger partial charge in [0.05, 0.1) is 0 Å².